The Morgan fingerprint density at radius 1 is 1.23 bits per heavy atom. The minimum Gasteiger partial charge on any atom is -0.450 e. The van der Waals surface area contributed by atoms with Crippen LogP contribution in [0.1, 0.15) is 64.5 Å². The molecule has 0 atom stereocenters. The Hall–Kier alpha value is -2.38. The van der Waals surface area contributed by atoms with Gasteiger partial charge in [0.2, 0.25) is 0 Å². The number of aromatic nitrogens is 2. The number of nitrogens with two attached hydrogens (primary N) is 1. The largest absolute Gasteiger partial charge is 0.450 e. The number of nitrogens with zero attached hydrogens (tertiary/aromatic N) is 2. The highest BCUT2D eigenvalue weighted by Crippen LogP contribution is 2.42. The highest BCUT2D eigenvalue weighted by Gasteiger charge is 2.26. The van der Waals surface area contributed by atoms with Crippen LogP contribution in [0.5, 0.6) is 11.5 Å². The van der Waals surface area contributed by atoms with E-state index >= 15 is 0 Å². The van der Waals surface area contributed by atoms with E-state index in [4.69, 9.17) is 10.5 Å². The molecule has 1 saturated carbocycles. The number of nitrogens with one attached hydrogen (secondary N) is 2. The van der Waals surface area contributed by atoms with Crippen LogP contribution >= 0.6 is 0 Å². The molecule has 4 rings (SSSR count). The Bertz CT molecular complexity index is 955. The fourth-order valence-electron chi connectivity index (χ4n) is 4.27. The van der Waals surface area contributed by atoms with E-state index in [2.05, 4.69) is 48.5 Å². The van der Waals surface area contributed by atoms with Gasteiger partial charge in [0.1, 0.15) is 0 Å². The zero-order chi connectivity index (χ0) is 21.3. The normalized spacial score (nSPS) is 20.7. The second-order valence-corrected chi connectivity index (χ2v) is 9.43. The number of fused-ring (bicyclic) bond motifs is 2. The monoisotopic (exact) mass is 411 g/mol. The molecule has 1 aliphatic heterocycles. The van der Waals surface area contributed by atoms with Crippen LogP contribution in [-0.2, 0) is 5.41 Å². The van der Waals surface area contributed by atoms with E-state index in [0.717, 1.165) is 50.1 Å². The maximum atomic E-state index is 12.7. The molecule has 7 nitrogen and oxygen atoms in total. The van der Waals surface area contributed by atoms with Crippen molar-refractivity contribution in [2.75, 3.05) is 18.4 Å². The average molecular weight is 412 g/mol. The molecular formula is C23H33N5O2. The molecule has 162 valence electrons. The summed E-state index contributed by atoms with van der Waals surface area (Å²) in [6.45, 7) is 8.19. The van der Waals surface area contributed by atoms with Crippen LogP contribution in [0, 0.1) is 0 Å². The maximum absolute atomic E-state index is 12.7. The van der Waals surface area contributed by atoms with Crippen LogP contribution in [0.15, 0.2) is 29.2 Å². The van der Waals surface area contributed by atoms with E-state index in [1.165, 1.54) is 5.56 Å². The molecule has 0 amide bonds. The van der Waals surface area contributed by atoms with Crippen molar-refractivity contribution < 1.29 is 4.74 Å². The summed E-state index contributed by atoms with van der Waals surface area (Å²) in [4.78, 5) is 17.0. The summed E-state index contributed by atoms with van der Waals surface area (Å²) in [5.74, 6) is 1.86. The Labute approximate surface area is 178 Å². The minimum absolute atomic E-state index is 0.0336. The van der Waals surface area contributed by atoms with Crippen molar-refractivity contribution in [1.82, 2.24) is 14.9 Å². The van der Waals surface area contributed by atoms with Crippen LogP contribution < -0.4 is 26.8 Å². The summed E-state index contributed by atoms with van der Waals surface area (Å²) >= 11 is 0. The lowest BCUT2D eigenvalue weighted by Gasteiger charge is -2.31. The van der Waals surface area contributed by atoms with Crippen LogP contribution in [0.2, 0.25) is 0 Å². The van der Waals surface area contributed by atoms with E-state index in [1.54, 1.807) is 4.57 Å². The lowest BCUT2D eigenvalue weighted by atomic mass is 9.86. The first-order valence-corrected chi connectivity index (χ1v) is 11.0. The summed E-state index contributed by atoms with van der Waals surface area (Å²) in [5, 5.41) is 6.86. The molecule has 0 spiro atoms. The third kappa shape index (κ3) is 4.37. The molecule has 0 saturated heterocycles. The highest BCUT2D eigenvalue weighted by atomic mass is 16.5. The molecule has 7 heteroatoms. The Balaban J connectivity index is 1.49. The van der Waals surface area contributed by atoms with E-state index in [1.807, 2.05) is 12.3 Å². The van der Waals surface area contributed by atoms with Gasteiger partial charge in [-0.15, -0.1) is 0 Å². The smallest absolute Gasteiger partial charge is 0.350 e. The number of ether oxygens (including phenoxy) is 1. The van der Waals surface area contributed by atoms with E-state index in [-0.39, 0.29) is 17.1 Å². The van der Waals surface area contributed by atoms with Gasteiger partial charge in [0.05, 0.1) is 11.9 Å². The molecule has 30 heavy (non-hydrogen) atoms. The summed E-state index contributed by atoms with van der Waals surface area (Å²) in [6, 6.07) is 6.82. The fourth-order valence-corrected chi connectivity index (χ4v) is 4.27. The third-order valence-corrected chi connectivity index (χ3v) is 6.14. The van der Waals surface area contributed by atoms with Crippen LogP contribution in [0.3, 0.4) is 0 Å². The van der Waals surface area contributed by atoms with Gasteiger partial charge in [-0.05, 0) is 68.3 Å². The number of benzene rings is 1. The van der Waals surface area contributed by atoms with Gasteiger partial charge in [0, 0.05) is 12.1 Å². The van der Waals surface area contributed by atoms with Crippen molar-refractivity contribution in [1.29, 1.82) is 0 Å². The number of hydrogen-bond donors (Lipinski definition) is 3. The van der Waals surface area contributed by atoms with E-state index < -0.39 is 0 Å². The van der Waals surface area contributed by atoms with Gasteiger partial charge >= 0.3 is 5.69 Å². The van der Waals surface area contributed by atoms with Crippen LogP contribution in [0.25, 0.3) is 0 Å². The van der Waals surface area contributed by atoms with Crippen molar-refractivity contribution in [3.05, 3.63) is 40.4 Å². The second-order valence-electron chi connectivity index (χ2n) is 9.43. The fraction of sp³-hybridized carbons (Fsp3) is 0.565. The van der Waals surface area contributed by atoms with E-state index in [9.17, 15) is 4.79 Å². The first-order chi connectivity index (χ1) is 14.3. The van der Waals surface area contributed by atoms with Gasteiger partial charge < -0.3 is 21.1 Å². The first-order valence-electron chi connectivity index (χ1n) is 11.0. The van der Waals surface area contributed by atoms with Crippen LogP contribution in [0.4, 0.5) is 11.5 Å². The predicted octanol–water partition coefficient (Wildman–Crippen LogP) is 3.81. The molecule has 0 radical (unpaired) electrons. The maximum Gasteiger partial charge on any atom is 0.350 e. The van der Waals surface area contributed by atoms with Gasteiger partial charge in [-0.2, -0.15) is 4.98 Å². The number of hydrogen-bond acceptors (Lipinski definition) is 6. The molecule has 1 fully saturated rings. The van der Waals surface area contributed by atoms with E-state index in [0.29, 0.717) is 24.2 Å². The minimum atomic E-state index is -0.222. The van der Waals surface area contributed by atoms with Gasteiger partial charge in [0.25, 0.3) is 0 Å². The molecule has 1 aromatic heterocycles. The van der Waals surface area contributed by atoms with Crippen molar-refractivity contribution in [2.24, 2.45) is 5.73 Å². The zero-order valence-electron chi connectivity index (χ0n) is 18.2. The summed E-state index contributed by atoms with van der Waals surface area (Å²) < 4.78 is 7.86. The molecule has 0 unspecified atom stereocenters. The third-order valence-electron chi connectivity index (χ3n) is 6.14. The molecule has 4 N–H and O–H groups in total. The SMILES string of the molecule is CC(C)(C)c1ccc2c(c1)Nc1nc(=O)n([C@H]3CC[C@H](NCCCN)CC3)cc1O2. The van der Waals surface area contributed by atoms with Crippen molar-refractivity contribution >= 4 is 11.5 Å². The number of anilines is 2. The molecular weight excluding hydrogens is 378 g/mol. The average Bonchev–Trinajstić information content (AvgIpc) is 2.71. The Kier molecular flexibility index (Phi) is 5.84. The standard InChI is InChI=1S/C23H33N5O2/c1-23(2,3)15-5-10-19-18(13-15)26-21-20(30-19)14-28(22(29)27-21)17-8-6-16(7-9-17)25-12-4-11-24/h5,10,13-14,16-17,25H,4,6-9,11-12,24H2,1-3H3,(H,26,27,29)/t16-,17-. The predicted molar refractivity (Wildman–Crippen MR) is 120 cm³/mol. The van der Waals surface area contributed by atoms with Crippen LogP contribution in [-0.4, -0.2) is 28.7 Å². The molecule has 2 aromatic rings. The highest BCUT2D eigenvalue weighted by molar-refractivity contribution is 5.73. The van der Waals surface area contributed by atoms with Crippen molar-refractivity contribution in [2.45, 2.75) is 70.4 Å². The quantitative estimate of drug-likeness (QED) is 0.553. The molecule has 2 heterocycles. The van der Waals surface area contributed by atoms with Gasteiger partial charge in [-0.3, -0.25) is 4.57 Å². The van der Waals surface area contributed by atoms with Gasteiger partial charge in [0.15, 0.2) is 17.3 Å². The van der Waals surface area contributed by atoms with Gasteiger partial charge in [-0.25, -0.2) is 4.79 Å². The Morgan fingerprint density at radius 2 is 2.00 bits per heavy atom. The second kappa shape index (κ2) is 8.40. The topological polar surface area (TPSA) is 94.2 Å². The Morgan fingerprint density at radius 3 is 2.70 bits per heavy atom. The lowest BCUT2D eigenvalue weighted by Crippen LogP contribution is -2.37. The molecule has 1 aliphatic carbocycles. The molecule has 0 bridgehead atoms. The summed E-state index contributed by atoms with van der Waals surface area (Å²) in [7, 11) is 0. The van der Waals surface area contributed by atoms with Crippen molar-refractivity contribution in [3.63, 3.8) is 0 Å². The summed E-state index contributed by atoms with van der Waals surface area (Å²) in [5.41, 5.74) is 7.43. The molecule has 2 aliphatic rings. The number of rotatable bonds is 5. The zero-order valence-corrected chi connectivity index (χ0v) is 18.2. The lowest BCUT2D eigenvalue weighted by molar-refractivity contribution is 0.282. The first kappa shape index (κ1) is 20.9. The van der Waals surface area contributed by atoms with Gasteiger partial charge in [-0.1, -0.05) is 26.8 Å². The molecule has 1 aromatic carbocycles. The van der Waals surface area contributed by atoms with Crippen molar-refractivity contribution in [3.8, 4) is 11.5 Å². The summed E-state index contributed by atoms with van der Waals surface area (Å²) in [6.07, 6.45) is 6.84.